The minimum absolute atomic E-state index is 0.198. The van der Waals surface area contributed by atoms with E-state index in [9.17, 15) is 9.59 Å². The molecule has 1 aliphatic rings. The van der Waals surface area contributed by atoms with Crippen molar-refractivity contribution in [3.8, 4) is 0 Å². The molecular weight excluding hydrogens is 248 g/mol. The van der Waals surface area contributed by atoms with Gasteiger partial charge in [0.2, 0.25) is 0 Å². The molecule has 1 aromatic heterocycles. The van der Waals surface area contributed by atoms with Crippen LogP contribution in [0.5, 0.6) is 0 Å². The van der Waals surface area contributed by atoms with E-state index >= 15 is 0 Å². The third kappa shape index (κ3) is 3.16. The summed E-state index contributed by atoms with van der Waals surface area (Å²) < 4.78 is 0. The van der Waals surface area contributed by atoms with E-state index < -0.39 is 0 Å². The smallest absolute Gasteiger partial charge is 0.256 e. The van der Waals surface area contributed by atoms with E-state index in [1.54, 1.807) is 0 Å². The molecule has 5 heteroatoms. The average Bonchev–Trinajstić information content (AvgIpc) is 2.77. The lowest BCUT2D eigenvalue weighted by Crippen LogP contribution is -2.35. The second-order valence-electron chi connectivity index (χ2n) is 4.48. The molecule has 98 valence electrons. The van der Waals surface area contributed by atoms with E-state index in [0.29, 0.717) is 5.25 Å². The fourth-order valence-electron chi connectivity index (χ4n) is 2.32. The highest BCUT2D eigenvalue weighted by atomic mass is 32.2. The Morgan fingerprint density at radius 1 is 1.56 bits per heavy atom. The van der Waals surface area contributed by atoms with Gasteiger partial charge in [-0.2, -0.15) is 11.8 Å². The summed E-state index contributed by atoms with van der Waals surface area (Å²) in [5, 5.41) is 3.60. The van der Waals surface area contributed by atoms with Gasteiger partial charge in [-0.1, -0.05) is 6.92 Å². The number of aromatic nitrogens is 1. The molecule has 0 radical (unpaired) electrons. The summed E-state index contributed by atoms with van der Waals surface area (Å²) in [6, 6.07) is 1.58. The van der Waals surface area contributed by atoms with Crippen LogP contribution in [-0.4, -0.2) is 27.9 Å². The van der Waals surface area contributed by atoms with Gasteiger partial charge in [-0.15, -0.1) is 0 Å². The summed E-state index contributed by atoms with van der Waals surface area (Å²) in [6.45, 7) is 2.15. The number of thioether (sulfide) groups is 1. The Morgan fingerprint density at radius 2 is 2.39 bits per heavy atom. The Bertz CT molecular complexity index is 472. The van der Waals surface area contributed by atoms with Crippen LogP contribution in [0, 0.1) is 0 Å². The van der Waals surface area contributed by atoms with Crippen LogP contribution in [0.1, 0.15) is 36.5 Å². The van der Waals surface area contributed by atoms with Crippen molar-refractivity contribution < 1.29 is 4.79 Å². The summed E-state index contributed by atoms with van der Waals surface area (Å²) in [7, 11) is 0. The topological polar surface area (TPSA) is 62.0 Å². The van der Waals surface area contributed by atoms with Gasteiger partial charge >= 0.3 is 0 Å². The number of nitrogens with one attached hydrogen (secondary N) is 2. The molecule has 1 heterocycles. The third-order valence-electron chi connectivity index (χ3n) is 3.19. The van der Waals surface area contributed by atoms with Gasteiger partial charge in [-0.05, 0) is 25.0 Å². The van der Waals surface area contributed by atoms with Crippen LogP contribution < -0.4 is 10.7 Å². The Hall–Kier alpha value is -1.23. The van der Waals surface area contributed by atoms with Crippen molar-refractivity contribution in [2.45, 2.75) is 37.5 Å². The molecule has 2 unspecified atom stereocenters. The zero-order valence-electron chi connectivity index (χ0n) is 10.4. The van der Waals surface area contributed by atoms with Gasteiger partial charge in [-0.25, -0.2) is 0 Å². The van der Waals surface area contributed by atoms with Crippen molar-refractivity contribution in [1.29, 1.82) is 0 Å². The van der Waals surface area contributed by atoms with Crippen LogP contribution in [0.25, 0.3) is 0 Å². The Morgan fingerprint density at radius 3 is 3.11 bits per heavy atom. The number of amides is 1. The molecule has 0 aromatic carbocycles. The monoisotopic (exact) mass is 266 g/mol. The molecule has 2 N–H and O–H groups in total. The maximum absolute atomic E-state index is 11.9. The van der Waals surface area contributed by atoms with Gasteiger partial charge in [0.1, 0.15) is 5.56 Å². The summed E-state index contributed by atoms with van der Waals surface area (Å²) in [5.74, 6) is 0.855. The number of H-pyrrole nitrogens is 1. The van der Waals surface area contributed by atoms with Crippen LogP contribution in [0.2, 0.25) is 0 Å². The van der Waals surface area contributed by atoms with E-state index in [1.807, 2.05) is 11.8 Å². The van der Waals surface area contributed by atoms with Crippen molar-refractivity contribution in [3.05, 3.63) is 34.2 Å². The van der Waals surface area contributed by atoms with Gasteiger partial charge in [0, 0.05) is 29.8 Å². The highest BCUT2D eigenvalue weighted by molar-refractivity contribution is 7.99. The highest BCUT2D eigenvalue weighted by Gasteiger charge is 2.26. The first kappa shape index (κ1) is 13.2. The first-order valence-electron chi connectivity index (χ1n) is 6.30. The van der Waals surface area contributed by atoms with Crippen molar-refractivity contribution in [1.82, 2.24) is 10.3 Å². The van der Waals surface area contributed by atoms with Crippen LogP contribution in [0.3, 0.4) is 0 Å². The number of carbonyl (C=O) groups is 1. The molecule has 4 nitrogen and oxygen atoms in total. The van der Waals surface area contributed by atoms with Crippen LogP contribution >= 0.6 is 11.8 Å². The highest BCUT2D eigenvalue weighted by Crippen LogP contribution is 2.29. The average molecular weight is 266 g/mol. The Balaban J connectivity index is 1.93. The van der Waals surface area contributed by atoms with E-state index in [-0.39, 0.29) is 22.9 Å². The first-order chi connectivity index (χ1) is 8.70. The minimum atomic E-state index is -0.260. The van der Waals surface area contributed by atoms with Gasteiger partial charge in [-0.3, -0.25) is 9.59 Å². The van der Waals surface area contributed by atoms with Crippen LogP contribution in [0.15, 0.2) is 23.3 Å². The number of hydrogen-bond acceptors (Lipinski definition) is 3. The molecule has 2 rings (SSSR count). The normalized spacial score (nSPS) is 22.9. The molecule has 18 heavy (non-hydrogen) atoms. The number of aromatic amines is 1. The predicted octanol–water partition coefficient (Wildman–Crippen LogP) is 1.78. The second kappa shape index (κ2) is 6.09. The Kier molecular flexibility index (Phi) is 4.47. The van der Waals surface area contributed by atoms with E-state index in [4.69, 9.17) is 0 Å². The summed E-state index contributed by atoms with van der Waals surface area (Å²) in [5.41, 5.74) is -0.0344. The van der Waals surface area contributed by atoms with Crippen LogP contribution in [0.4, 0.5) is 0 Å². The molecule has 1 amide bonds. The second-order valence-corrected chi connectivity index (χ2v) is 6.06. The number of hydrogen-bond donors (Lipinski definition) is 2. The van der Waals surface area contributed by atoms with Crippen molar-refractivity contribution >= 4 is 17.7 Å². The van der Waals surface area contributed by atoms with Gasteiger partial charge < -0.3 is 10.3 Å². The number of rotatable bonds is 4. The lowest BCUT2D eigenvalue weighted by Gasteiger charge is -2.12. The van der Waals surface area contributed by atoms with Crippen molar-refractivity contribution in [2.75, 3.05) is 5.75 Å². The molecule has 1 saturated carbocycles. The fourth-order valence-corrected chi connectivity index (χ4v) is 3.46. The third-order valence-corrected chi connectivity index (χ3v) is 4.42. The fraction of sp³-hybridized carbons (Fsp3) is 0.538. The van der Waals surface area contributed by atoms with Gasteiger partial charge in [0.15, 0.2) is 5.43 Å². The largest absolute Gasteiger partial charge is 0.367 e. The predicted molar refractivity (Wildman–Crippen MR) is 74.1 cm³/mol. The summed E-state index contributed by atoms with van der Waals surface area (Å²) in [6.07, 6.45) is 6.16. The maximum atomic E-state index is 11.9. The molecule has 0 aliphatic heterocycles. The SMILES string of the molecule is CCSC1CCC(NC(=O)c2c[nH]ccc2=O)C1. The van der Waals surface area contributed by atoms with Gasteiger partial charge in [0.25, 0.3) is 5.91 Å². The molecule has 1 fully saturated rings. The lowest BCUT2D eigenvalue weighted by molar-refractivity contribution is 0.0936. The summed E-state index contributed by atoms with van der Waals surface area (Å²) >= 11 is 1.95. The molecule has 0 saturated heterocycles. The maximum Gasteiger partial charge on any atom is 0.256 e. The Labute approximate surface area is 111 Å². The van der Waals surface area contributed by atoms with Crippen molar-refractivity contribution in [3.63, 3.8) is 0 Å². The standard InChI is InChI=1S/C13H18N2O2S/c1-2-18-10-4-3-9(7-10)15-13(17)11-8-14-6-5-12(11)16/h5-6,8-10H,2-4,7H2,1H3,(H,14,16)(H,15,17). The molecule has 1 aromatic rings. The molecular formula is C13H18N2O2S. The van der Waals surface area contributed by atoms with E-state index in [1.165, 1.54) is 18.5 Å². The molecule has 1 aliphatic carbocycles. The molecule has 0 bridgehead atoms. The molecule has 2 atom stereocenters. The quantitative estimate of drug-likeness (QED) is 0.873. The minimum Gasteiger partial charge on any atom is -0.367 e. The zero-order chi connectivity index (χ0) is 13.0. The van der Waals surface area contributed by atoms with Crippen LogP contribution in [-0.2, 0) is 0 Å². The summed E-state index contributed by atoms with van der Waals surface area (Å²) in [4.78, 5) is 26.2. The number of carbonyl (C=O) groups excluding carboxylic acids is 1. The van der Waals surface area contributed by atoms with E-state index in [0.717, 1.165) is 25.0 Å². The van der Waals surface area contributed by atoms with Crippen molar-refractivity contribution in [2.24, 2.45) is 0 Å². The lowest BCUT2D eigenvalue weighted by atomic mass is 10.2. The molecule has 0 spiro atoms. The van der Waals surface area contributed by atoms with E-state index in [2.05, 4.69) is 17.2 Å². The van der Waals surface area contributed by atoms with Gasteiger partial charge in [0.05, 0.1) is 0 Å². The zero-order valence-corrected chi connectivity index (χ0v) is 11.3. The first-order valence-corrected chi connectivity index (χ1v) is 7.35. The number of pyridine rings is 1.